The van der Waals surface area contributed by atoms with Crippen LogP contribution in [-0.4, -0.2) is 18.7 Å². The second-order valence-corrected chi connectivity index (χ2v) is 7.69. The highest BCUT2D eigenvalue weighted by atomic mass is 79.9. The average molecular weight is 340 g/mol. The quantitative estimate of drug-likeness (QED) is 0.777. The lowest BCUT2D eigenvalue weighted by molar-refractivity contribution is 0.0444. The molecule has 0 bridgehead atoms. The van der Waals surface area contributed by atoms with Crippen LogP contribution < -0.4 is 5.32 Å². The Balaban J connectivity index is 1.92. The fourth-order valence-electron chi connectivity index (χ4n) is 2.13. The van der Waals surface area contributed by atoms with E-state index in [1.165, 1.54) is 24.8 Å². The zero-order valence-corrected chi connectivity index (χ0v) is 14.4. The Labute approximate surface area is 131 Å². The van der Waals surface area contributed by atoms with Crippen LogP contribution in [0.5, 0.6) is 0 Å². The molecule has 20 heavy (non-hydrogen) atoms. The van der Waals surface area contributed by atoms with Gasteiger partial charge in [0.25, 0.3) is 0 Å². The third-order valence-electron chi connectivity index (χ3n) is 3.60. The molecule has 1 fully saturated rings. The summed E-state index contributed by atoms with van der Waals surface area (Å²) in [6.45, 7) is 8.30. The van der Waals surface area contributed by atoms with Gasteiger partial charge in [0, 0.05) is 23.2 Å². The fourth-order valence-corrected chi connectivity index (χ4v) is 2.40. The van der Waals surface area contributed by atoms with E-state index in [1.54, 1.807) is 0 Å². The number of ether oxygens (including phenoxy) is 1. The topological polar surface area (TPSA) is 21.3 Å². The standard InChI is InChI=1S/C17H26BrNO/c1-17(2,3)19-12-16(20-11-10-13-4-5-13)14-6-8-15(18)9-7-14/h6-9,13,16,19H,4-5,10-12H2,1-3H3. The molecule has 1 aliphatic carbocycles. The maximum Gasteiger partial charge on any atom is 0.0949 e. The third-order valence-corrected chi connectivity index (χ3v) is 4.13. The summed E-state index contributed by atoms with van der Waals surface area (Å²) in [4.78, 5) is 0. The minimum absolute atomic E-state index is 0.119. The minimum atomic E-state index is 0.119. The van der Waals surface area contributed by atoms with E-state index >= 15 is 0 Å². The summed E-state index contributed by atoms with van der Waals surface area (Å²) in [6, 6.07) is 8.47. The predicted octanol–water partition coefficient (Wildman–Crippen LogP) is 4.70. The van der Waals surface area contributed by atoms with E-state index in [4.69, 9.17) is 4.74 Å². The Morgan fingerprint density at radius 1 is 1.25 bits per heavy atom. The molecule has 0 spiro atoms. The van der Waals surface area contributed by atoms with Crippen molar-refractivity contribution in [3.63, 3.8) is 0 Å². The van der Waals surface area contributed by atoms with Crippen molar-refractivity contribution in [1.82, 2.24) is 5.32 Å². The van der Waals surface area contributed by atoms with Crippen LogP contribution in [-0.2, 0) is 4.74 Å². The van der Waals surface area contributed by atoms with Crippen molar-refractivity contribution in [2.45, 2.75) is 51.7 Å². The van der Waals surface area contributed by atoms with Crippen LogP contribution >= 0.6 is 15.9 Å². The van der Waals surface area contributed by atoms with Crippen LogP contribution in [0.1, 0.15) is 51.7 Å². The smallest absolute Gasteiger partial charge is 0.0949 e. The van der Waals surface area contributed by atoms with E-state index in [9.17, 15) is 0 Å². The fraction of sp³-hybridized carbons (Fsp3) is 0.647. The predicted molar refractivity (Wildman–Crippen MR) is 87.9 cm³/mol. The van der Waals surface area contributed by atoms with Crippen LogP contribution in [0, 0.1) is 5.92 Å². The van der Waals surface area contributed by atoms with E-state index in [1.807, 2.05) is 0 Å². The van der Waals surface area contributed by atoms with Crippen molar-refractivity contribution in [3.8, 4) is 0 Å². The summed E-state index contributed by atoms with van der Waals surface area (Å²) in [5.41, 5.74) is 1.37. The monoisotopic (exact) mass is 339 g/mol. The number of halogens is 1. The molecule has 1 saturated carbocycles. The van der Waals surface area contributed by atoms with Crippen molar-refractivity contribution in [2.75, 3.05) is 13.2 Å². The second-order valence-electron chi connectivity index (χ2n) is 6.77. The first-order valence-electron chi connectivity index (χ1n) is 7.56. The van der Waals surface area contributed by atoms with Gasteiger partial charge in [0.2, 0.25) is 0 Å². The van der Waals surface area contributed by atoms with Crippen molar-refractivity contribution in [1.29, 1.82) is 0 Å². The van der Waals surface area contributed by atoms with Crippen molar-refractivity contribution in [3.05, 3.63) is 34.3 Å². The summed E-state index contributed by atoms with van der Waals surface area (Å²) < 4.78 is 7.25. The van der Waals surface area contributed by atoms with Gasteiger partial charge < -0.3 is 10.1 Å². The Hall–Kier alpha value is -0.380. The van der Waals surface area contributed by atoms with Gasteiger partial charge in [0.15, 0.2) is 0 Å². The number of hydrogen-bond acceptors (Lipinski definition) is 2. The molecule has 1 aliphatic rings. The lowest BCUT2D eigenvalue weighted by Crippen LogP contribution is -2.39. The van der Waals surface area contributed by atoms with Crippen LogP contribution in [0.3, 0.4) is 0 Å². The summed E-state index contributed by atoms with van der Waals surface area (Å²) in [6.07, 6.45) is 4.14. The first-order chi connectivity index (χ1) is 9.44. The Morgan fingerprint density at radius 2 is 1.90 bits per heavy atom. The number of rotatable bonds is 7. The van der Waals surface area contributed by atoms with Gasteiger partial charge >= 0.3 is 0 Å². The molecule has 0 aromatic heterocycles. The van der Waals surface area contributed by atoms with Crippen LogP contribution in [0.25, 0.3) is 0 Å². The average Bonchev–Trinajstić information content (AvgIpc) is 3.18. The van der Waals surface area contributed by atoms with Gasteiger partial charge in [-0.3, -0.25) is 0 Å². The van der Waals surface area contributed by atoms with Gasteiger partial charge in [-0.25, -0.2) is 0 Å². The van der Waals surface area contributed by atoms with E-state index in [2.05, 4.69) is 66.3 Å². The van der Waals surface area contributed by atoms with Gasteiger partial charge in [-0.2, -0.15) is 0 Å². The number of benzene rings is 1. The summed E-state index contributed by atoms with van der Waals surface area (Å²) in [5, 5.41) is 3.55. The zero-order valence-electron chi connectivity index (χ0n) is 12.8. The molecule has 2 rings (SSSR count). The molecule has 1 unspecified atom stereocenters. The van der Waals surface area contributed by atoms with Crippen LogP contribution in [0.2, 0.25) is 0 Å². The molecule has 1 aromatic rings. The molecule has 2 nitrogen and oxygen atoms in total. The number of hydrogen-bond donors (Lipinski definition) is 1. The first kappa shape index (κ1) is 16.0. The van der Waals surface area contributed by atoms with Gasteiger partial charge in [-0.15, -0.1) is 0 Å². The molecular weight excluding hydrogens is 314 g/mol. The van der Waals surface area contributed by atoms with Crippen molar-refractivity contribution in [2.24, 2.45) is 5.92 Å². The van der Waals surface area contributed by atoms with E-state index in [-0.39, 0.29) is 11.6 Å². The van der Waals surface area contributed by atoms with Gasteiger partial charge in [0.05, 0.1) is 6.10 Å². The van der Waals surface area contributed by atoms with Gasteiger partial charge in [-0.05, 0) is 50.8 Å². The van der Waals surface area contributed by atoms with Gasteiger partial charge in [0.1, 0.15) is 0 Å². The molecule has 3 heteroatoms. The Morgan fingerprint density at radius 3 is 2.45 bits per heavy atom. The van der Waals surface area contributed by atoms with Crippen molar-refractivity contribution >= 4 is 15.9 Å². The molecular formula is C17H26BrNO. The zero-order chi connectivity index (χ0) is 14.6. The third kappa shape index (κ3) is 5.94. The summed E-state index contributed by atoms with van der Waals surface area (Å²) in [5.74, 6) is 0.927. The highest BCUT2D eigenvalue weighted by Gasteiger charge is 2.22. The van der Waals surface area contributed by atoms with Gasteiger partial charge in [-0.1, -0.05) is 40.9 Å². The highest BCUT2D eigenvalue weighted by molar-refractivity contribution is 9.10. The Kier molecular flexibility index (Phi) is 5.65. The largest absolute Gasteiger partial charge is 0.372 e. The van der Waals surface area contributed by atoms with E-state index in [0.717, 1.165) is 23.5 Å². The minimum Gasteiger partial charge on any atom is -0.372 e. The molecule has 0 amide bonds. The molecule has 0 radical (unpaired) electrons. The summed E-state index contributed by atoms with van der Waals surface area (Å²) >= 11 is 3.49. The second kappa shape index (κ2) is 7.06. The summed E-state index contributed by atoms with van der Waals surface area (Å²) in [7, 11) is 0. The molecule has 0 heterocycles. The molecule has 112 valence electrons. The highest BCUT2D eigenvalue weighted by Crippen LogP contribution is 2.33. The molecule has 1 N–H and O–H groups in total. The maximum atomic E-state index is 6.14. The maximum absolute atomic E-state index is 6.14. The van der Waals surface area contributed by atoms with E-state index in [0.29, 0.717) is 0 Å². The lowest BCUT2D eigenvalue weighted by atomic mass is 10.1. The molecule has 0 aliphatic heterocycles. The van der Waals surface area contributed by atoms with E-state index < -0.39 is 0 Å². The first-order valence-corrected chi connectivity index (χ1v) is 8.35. The number of nitrogens with one attached hydrogen (secondary N) is 1. The molecule has 1 aromatic carbocycles. The Bertz CT molecular complexity index is 406. The van der Waals surface area contributed by atoms with Crippen LogP contribution in [0.15, 0.2) is 28.7 Å². The molecule has 0 saturated heterocycles. The normalized spacial score (nSPS) is 17.2. The lowest BCUT2D eigenvalue weighted by Gasteiger charge is -2.26. The molecule has 1 atom stereocenters. The van der Waals surface area contributed by atoms with Crippen molar-refractivity contribution < 1.29 is 4.74 Å². The van der Waals surface area contributed by atoms with Crippen LogP contribution in [0.4, 0.5) is 0 Å². The SMILES string of the molecule is CC(C)(C)NCC(OCCC1CC1)c1ccc(Br)cc1.